The quantitative estimate of drug-likeness (QED) is 0.752. The summed E-state index contributed by atoms with van der Waals surface area (Å²) in [6.45, 7) is 4.10. The molecule has 1 spiro atoms. The second kappa shape index (κ2) is 4.71. The van der Waals surface area contributed by atoms with Crippen LogP contribution in [0.2, 0.25) is 0 Å². The summed E-state index contributed by atoms with van der Waals surface area (Å²) in [6, 6.07) is 4.15. The molecule has 2 nitrogen and oxygen atoms in total. The van der Waals surface area contributed by atoms with Gasteiger partial charge < -0.3 is 9.47 Å². The van der Waals surface area contributed by atoms with Crippen molar-refractivity contribution in [2.45, 2.75) is 38.9 Å². The molecule has 1 aliphatic carbocycles. The molecule has 0 aromatic carbocycles. The molecule has 1 atom stereocenters. The molecule has 2 aliphatic rings. The summed E-state index contributed by atoms with van der Waals surface area (Å²) in [5, 5.41) is 2.08. The molecule has 0 radical (unpaired) electrons. The van der Waals surface area contributed by atoms with Crippen molar-refractivity contribution in [3.05, 3.63) is 22.4 Å². The second-order valence-electron chi connectivity index (χ2n) is 5.67. The van der Waals surface area contributed by atoms with E-state index in [4.69, 9.17) is 9.47 Å². The van der Waals surface area contributed by atoms with Crippen LogP contribution in [-0.4, -0.2) is 13.2 Å². The molecule has 0 N–H and O–H groups in total. The van der Waals surface area contributed by atoms with Crippen LogP contribution in [-0.2, 0) is 9.47 Å². The van der Waals surface area contributed by atoms with Crippen molar-refractivity contribution in [1.82, 2.24) is 0 Å². The third-order valence-electron chi connectivity index (χ3n) is 4.04. The van der Waals surface area contributed by atoms with E-state index < -0.39 is 0 Å². The van der Waals surface area contributed by atoms with Gasteiger partial charge in [0.2, 0.25) is 0 Å². The zero-order chi connectivity index (χ0) is 11.7. The molecular weight excluding hydrogens is 232 g/mol. The molecular formula is C14H20O2S. The lowest BCUT2D eigenvalue weighted by atomic mass is 9.71. The molecule has 1 aromatic rings. The zero-order valence-corrected chi connectivity index (χ0v) is 11.2. The van der Waals surface area contributed by atoms with Gasteiger partial charge in [-0.1, -0.05) is 25.8 Å². The Kier molecular flexibility index (Phi) is 3.24. The van der Waals surface area contributed by atoms with Crippen molar-refractivity contribution < 1.29 is 9.47 Å². The number of thiophene rings is 1. The zero-order valence-electron chi connectivity index (χ0n) is 10.4. The first-order valence-electron chi connectivity index (χ1n) is 6.54. The lowest BCUT2D eigenvalue weighted by Crippen LogP contribution is -2.41. The lowest BCUT2D eigenvalue weighted by Gasteiger charge is -2.44. The van der Waals surface area contributed by atoms with E-state index in [0.717, 1.165) is 19.1 Å². The van der Waals surface area contributed by atoms with Crippen molar-refractivity contribution in [2.24, 2.45) is 11.3 Å². The fourth-order valence-corrected chi connectivity index (χ4v) is 3.93. The highest BCUT2D eigenvalue weighted by Gasteiger charge is 2.40. The molecule has 1 saturated carbocycles. The molecule has 0 unspecified atom stereocenters. The molecule has 1 aromatic heterocycles. The standard InChI is InChI=1S/C14H20O2S/c1-11-4-2-6-14(8-11)9-15-13(16-10-14)12-5-3-7-17-12/h3,5,7,11,13H,2,4,6,8-10H2,1H3/t11-,13?,14?/m1/s1. The Morgan fingerprint density at radius 1 is 1.35 bits per heavy atom. The van der Waals surface area contributed by atoms with Crippen LogP contribution in [0, 0.1) is 11.3 Å². The highest BCUT2D eigenvalue weighted by atomic mass is 32.1. The number of hydrogen-bond donors (Lipinski definition) is 0. The van der Waals surface area contributed by atoms with E-state index in [9.17, 15) is 0 Å². The van der Waals surface area contributed by atoms with Gasteiger partial charge in [-0.15, -0.1) is 11.3 Å². The summed E-state index contributed by atoms with van der Waals surface area (Å²) in [5.41, 5.74) is 0.311. The Balaban J connectivity index is 1.63. The molecule has 2 fully saturated rings. The van der Waals surface area contributed by atoms with Crippen molar-refractivity contribution in [3.63, 3.8) is 0 Å². The topological polar surface area (TPSA) is 18.5 Å². The summed E-state index contributed by atoms with van der Waals surface area (Å²) >= 11 is 1.72. The number of rotatable bonds is 1. The van der Waals surface area contributed by atoms with Crippen LogP contribution >= 0.6 is 11.3 Å². The van der Waals surface area contributed by atoms with Crippen molar-refractivity contribution in [1.29, 1.82) is 0 Å². The average molecular weight is 252 g/mol. The van der Waals surface area contributed by atoms with E-state index in [0.29, 0.717) is 5.41 Å². The number of ether oxygens (including phenoxy) is 2. The lowest BCUT2D eigenvalue weighted by molar-refractivity contribution is -0.241. The second-order valence-corrected chi connectivity index (χ2v) is 6.65. The van der Waals surface area contributed by atoms with Gasteiger partial charge in [0.05, 0.1) is 18.1 Å². The molecule has 3 rings (SSSR count). The minimum atomic E-state index is -0.113. The van der Waals surface area contributed by atoms with Crippen LogP contribution in [0.5, 0.6) is 0 Å². The maximum Gasteiger partial charge on any atom is 0.193 e. The summed E-state index contributed by atoms with van der Waals surface area (Å²) < 4.78 is 11.9. The predicted octanol–water partition coefficient (Wildman–Crippen LogP) is 3.99. The van der Waals surface area contributed by atoms with Crippen LogP contribution in [0.4, 0.5) is 0 Å². The number of hydrogen-bond acceptors (Lipinski definition) is 3. The van der Waals surface area contributed by atoms with Crippen LogP contribution in [0.25, 0.3) is 0 Å². The van der Waals surface area contributed by atoms with Gasteiger partial charge >= 0.3 is 0 Å². The molecule has 17 heavy (non-hydrogen) atoms. The third kappa shape index (κ3) is 2.42. The fourth-order valence-electron chi connectivity index (χ4n) is 3.22. The first-order valence-corrected chi connectivity index (χ1v) is 7.42. The summed E-state index contributed by atoms with van der Waals surface area (Å²) in [5.74, 6) is 0.828. The van der Waals surface area contributed by atoms with Gasteiger partial charge in [-0.2, -0.15) is 0 Å². The van der Waals surface area contributed by atoms with Gasteiger partial charge in [0.1, 0.15) is 0 Å². The minimum Gasteiger partial charge on any atom is -0.347 e. The monoisotopic (exact) mass is 252 g/mol. The van der Waals surface area contributed by atoms with E-state index in [-0.39, 0.29) is 6.29 Å². The Bertz CT molecular complexity index is 352. The van der Waals surface area contributed by atoms with E-state index in [1.54, 1.807) is 11.3 Å². The highest BCUT2D eigenvalue weighted by Crippen LogP contribution is 2.44. The maximum atomic E-state index is 5.95. The van der Waals surface area contributed by atoms with Crippen LogP contribution < -0.4 is 0 Å². The molecule has 0 amide bonds. The van der Waals surface area contributed by atoms with Gasteiger partial charge in [0, 0.05) is 5.41 Å². The molecule has 3 heteroatoms. The highest BCUT2D eigenvalue weighted by molar-refractivity contribution is 7.10. The minimum absolute atomic E-state index is 0.113. The van der Waals surface area contributed by atoms with Crippen molar-refractivity contribution >= 4 is 11.3 Å². The van der Waals surface area contributed by atoms with Gasteiger partial charge in [-0.05, 0) is 30.2 Å². The first kappa shape index (κ1) is 11.7. The van der Waals surface area contributed by atoms with E-state index in [1.807, 2.05) is 0 Å². The largest absolute Gasteiger partial charge is 0.347 e. The van der Waals surface area contributed by atoms with Gasteiger partial charge in [0.15, 0.2) is 6.29 Å². The van der Waals surface area contributed by atoms with E-state index >= 15 is 0 Å². The van der Waals surface area contributed by atoms with Crippen molar-refractivity contribution in [3.8, 4) is 0 Å². The van der Waals surface area contributed by atoms with Crippen LogP contribution in [0.3, 0.4) is 0 Å². The SMILES string of the molecule is C[C@@H]1CCCC2(COC(c3cccs3)OC2)C1. The molecule has 0 bridgehead atoms. The van der Waals surface area contributed by atoms with E-state index in [1.165, 1.54) is 30.6 Å². The first-order chi connectivity index (χ1) is 8.27. The maximum absolute atomic E-state index is 5.95. The van der Waals surface area contributed by atoms with E-state index in [2.05, 4.69) is 24.4 Å². The van der Waals surface area contributed by atoms with Gasteiger partial charge in [-0.3, -0.25) is 0 Å². The molecule has 2 heterocycles. The Hall–Kier alpha value is -0.380. The van der Waals surface area contributed by atoms with Crippen LogP contribution in [0.1, 0.15) is 43.8 Å². The van der Waals surface area contributed by atoms with Gasteiger partial charge in [0.25, 0.3) is 0 Å². The third-order valence-corrected chi connectivity index (χ3v) is 4.94. The van der Waals surface area contributed by atoms with Crippen LogP contribution in [0.15, 0.2) is 17.5 Å². The smallest absolute Gasteiger partial charge is 0.193 e. The summed E-state index contributed by atoms with van der Waals surface area (Å²) in [4.78, 5) is 1.20. The normalized spacial score (nSPS) is 38.4. The van der Waals surface area contributed by atoms with Crippen molar-refractivity contribution in [2.75, 3.05) is 13.2 Å². The predicted molar refractivity (Wildman–Crippen MR) is 69.0 cm³/mol. The summed E-state index contributed by atoms with van der Waals surface area (Å²) in [7, 11) is 0. The molecule has 1 saturated heterocycles. The average Bonchev–Trinajstić information content (AvgIpc) is 2.83. The fraction of sp³-hybridized carbons (Fsp3) is 0.714. The Morgan fingerprint density at radius 2 is 2.18 bits per heavy atom. The molecule has 94 valence electrons. The summed E-state index contributed by atoms with van der Waals surface area (Å²) in [6.07, 6.45) is 5.13. The Morgan fingerprint density at radius 3 is 2.82 bits per heavy atom. The Labute approximate surface area is 107 Å². The molecule has 1 aliphatic heterocycles. The van der Waals surface area contributed by atoms with Gasteiger partial charge in [-0.25, -0.2) is 0 Å².